The number of benzene rings is 1. The van der Waals surface area contributed by atoms with Crippen molar-refractivity contribution in [2.24, 2.45) is 0 Å². The van der Waals surface area contributed by atoms with E-state index in [0.717, 1.165) is 11.3 Å². The molecule has 0 saturated heterocycles. The van der Waals surface area contributed by atoms with Gasteiger partial charge in [-0.3, -0.25) is 4.79 Å². The van der Waals surface area contributed by atoms with Crippen LogP contribution in [0.2, 0.25) is 0 Å². The molecule has 18 heavy (non-hydrogen) atoms. The molecule has 0 spiro atoms. The molecule has 0 aliphatic rings. The fraction of sp³-hybridized carbons (Fsp3) is 0.231. The lowest BCUT2D eigenvalue weighted by Crippen LogP contribution is -2.29. The molecule has 0 atom stereocenters. The van der Waals surface area contributed by atoms with E-state index in [0.29, 0.717) is 18.9 Å². The third-order valence-corrected chi connectivity index (χ3v) is 2.69. The van der Waals surface area contributed by atoms with Gasteiger partial charge in [0.15, 0.2) is 5.82 Å². The molecule has 5 heteroatoms. The summed E-state index contributed by atoms with van der Waals surface area (Å²) in [6.45, 7) is 3.30. The molecule has 0 unspecified atom stereocenters. The van der Waals surface area contributed by atoms with Crippen LogP contribution in [0.5, 0.6) is 0 Å². The summed E-state index contributed by atoms with van der Waals surface area (Å²) < 4.78 is 0. The van der Waals surface area contributed by atoms with Crippen molar-refractivity contribution in [1.82, 2.24) is 9.97 Å². The van der Waals surface area contributed by atoms with Gasteiger partial charge in [0.25, 0.3) is 5.56 Å². The highest BCUT2D eigenvalue weighted by Crippen LogP contribution is 2.12. The molecule has 1 aromatic carbocycles. The third kappa shape index (κ3) is 2.68. The number of nitrogen functional groups attached to an aromatic ring is 1. The summed E-state index contributed by atoms with van der Waals surface area (Å²) in [5, 5.41) is 0. The van der Waals surface area contributed by atoms with Crippen molar-refractivity contribution >= 4 is 11.5 Å². The monoisotopic (exact) mass is 244 g/mol. The molecule has 5 nitrogen and oxygen atoms in total. The second kappa shape index (κ2) is 5.35. The molecule has 0 saturated carbocycles. The van der Waals surface area contributed by atoms with Crippen LogP contribution in [0.4, 0.5) is 11.5 Å². The zero-order chi connectivity index (χ0) is 13.0. The van der Waals surface area contributed by atoms with Gasteiger partial charge in [0, 0.05) is 31.2 Å². The van der Waals surface area contributed by atoms with Crippen LogP contribution in [0.25, 0.3) is 0 Å². The Balaban J connectivity index is 2.25. The lowest BCUT2D eigenvalue weighted by molar-refractivity contribution is 0.802. The van der Waals surface area contributed by atoms with Crippen molar-refractivity contribution in [1.29, 1.82) is 0 Å². The number of H-pyrrole nitrogens is 1. The summed E-state index contributed by atoms with van der Waals surface area (Å²) in [6.07, 6.45) is 3.11. The Morgan fingerprint density at radius 1 is 1.44 bits per heavy atom. The average molecular weight is 244 g/mol. The fourth-order valence-corrected chi connectivity index (χ4v) is 1.82. The molecule has 2 rings (SSSR count). The molecular formula is C13H16N4O. The van der Waals surface area contributed by atoms with Gasteiger partial charge in [-0.15, -0.1) is 0 Å². The maximum absolute atomic E-state index is 11.7. The predicted octanol–water partition coefficient (Wildman–Crippen LogP) is 1.38. The molecule has 0 aliphatic carbocycles. The van der Waals surface area contributed by atoms with E-state index < -0.39 is 0 Å². The number of nitrogens with zero attached hydrogens (tertiary/aromatic N) is 2. The van der Waals surface area contributed by atoms with Crippen LogP contribution >= 0.6 is 0 Å². The number of hydrogen-bond donors (Lipinski definition) is 2. The number of aromatic nitrogens is 2. The number of anilines is 2. The van der Waals surface area contributed by atoms with Crippen molar-refractivity contribution < 1.29 is 0 Å². The van der Waals surface area contributed by atoms with E-state index in [-0.39, 0.29) is 5.56 Å². The van der Waals surface area contributed by atoms with Gasteiger partial charge in [-0.2, -0.15) is 0 Å². The van der Waals surface area contributed by atoms with Crippen molar-refractivity contribution in [2.45, 2.75) is 13.5 Å². The third-order valence-electron chi connectivity index (χ3n) is 2.69. The van der Waals surface area contributed by atoms with Crippen molar-refractivity contribution in [3.05, 3.63) is 52.6 Å². The Morgan fingerprint density at radius 3 is 2.94 bits per heavy atom. The quantitative estimate of drug-likeness (QED) is 0.797. The molecule has 1 aromatic heterocycles. The fourth-order valence-electron chi connectivity index (χ4n) is 1.82. The SMILES string of the molecule is CCN(Cc1cccc(N)c1)c1ncc[nH]c1=O. The standard InChI is InChI=1S/C13H16N4O/c1-2-17(12-13(18)16-7-6-15-12)9-10-4-3-5-11(14)8-10/h3-8H,2,9,14H2,1H3,(H,16,18). The van der Waals surface area contributed by atoms with Gasteiger partial charge in [0.05, 0.1) is 0 Å². The molecule has 0 amide bonds. The lowest BCUT2D eigenvalue weighted by Gasteiger charge is -2.20. The highest BCUT2D eigenvalue weighted by atomic mass is 16.1. The van der Waals surface area contributed by atoms with Crippen molar-refractivity contribution in [2.75, 3.05) is 17.2 Å². The minimum absolute atomic E-state index is 0.178. The minimum Gasteiger partial charge on any atom is -0.399 e. The van der Waals surface area contributed by atoms with E-state index in [9.17, 15) is 4.79 Å². The first-order valence-corrected chi connectivity index (χ1v) is 5.83. The molecule has 2 aromatic rings. The van der Waals surface area contributed by atoms with Gasteiger partial charge in [-0.05, 0) is 24.6 Å². The topological polar surface area (TPSA) is 75.0 Å². The molecule has 1 heterocycles. The Bertz CT molecular complexity index is 579. The molecule has 0 fully saturated rings. The van der Waals surface area contributed by atoms with Crippen LogP contribution in [0.1, 0.15) is 12.5 Å². The van der Waals surface area contributed by atoms with Gasteiger partial charge in [0.2, 0.25) is 0 Å². The minimum atomic E-state index is -0.178. The summed E-state index contributed by atoms with van der Waals surface area (Å²) in [5.74, 6) is 0.433. The molecule has 3 N–H and O–H groups in total. The summed E-state index contributed by atoms with van der Waals surface area (Å²) in [4.78, 5) is 20.3. The normalized spacial score (nSPS) is 10.3. The highest BCUT2D eigenvalue weighted by Gasteiger charge is 2.10. The van der Waals surface area contributed by atoms with Gasteiger partial charge >= 0.3 is 0 Å². The zero-order valence-corrected chi connectivity index (χ0v) is 10.3. The van der Waals surface area contributed by atoms with E-state index in [4.69, 9.17) is 5.73 Å². The van der Waals surface area contributed by atoms with Crippen LogP contribution in [-0.2, 0) is 6.54 Å². The van der Waals surface area contributed by atoms with E-state index in [1.807, 2.05) is 36.1 Å². The molecular weight excluding hydrogens is 228 g/mol. The van der Waals surface area contributed by atoms with Crippen LogP contribution in [0.15, 0.2) is 41.5 Å². The summed E-state index contributed by atoms with van der Waals surface area (Å²) >= 11 is 0. The first-order valence-electron chi connectivity index (χ1n) is 5.83. The Labute approximate surface area is 105 Å². The number of aromatic amines is 1. The van der Waals surface area contributed by atoms with Gasteiger partial charge in [-0.25, -0.2) is 4.98 Å². The molecule has 0 radical (unpaired) electrons. The van der Waals surface area contributed by atoms with E-state index in [2.05, 4.69) is 9.97 Å². The number of nitrogens with one attached hydrogen (secondary N) is 1. The lowest BCUT2D eigenvalue weighted by atomic mass is 10.2. The Morgan fingerprint density at radius 2 is 2.28 bits per heavy atom. The molecule has 0 aliphatic heterocycles. The average Bonchev–Trinajstić information content (AvgIpc) is 2.37. The zero-order valence-electron chi connectivity index (χ0n) is 10.3. The van der Waals surface area contributed by atoms with E-state index >= 15 is 0 Å². The molecule has 94 valence electrons. The Hall–Kier alpha value is -2.30. The smallest absolute Gasteiger partial charge is 0.290 e. The first-order chi connectivity index (χ1) is 8.70. The van der Waals surface area contributed by atoms with E-state index in [1.54, 1.807) is 6.20 Å². The summed E-state index contributed by atoms with van der Waals surface area (Å²) in [7, 11) is 0. The maximum Gasteiger partial charge on any atom is 0.290 e. The largest absolute Gasteiger partial charge is 0.399 e. The van der Waals surface area contributed by atoms with Crippen LogP contribution in [0, 0.1) is 0 Å². The van der Waals surface area contributed by atoms with Gasteiger partial charge in [0.1, 0.15) is 0 Å². The van der Waals surface area contributed by atoms with Crippen LogP contribution in [0.3, 0.4) is 0 Å². The summed E-state index contributed by atoms with van der Waals surface area (Å²) in [5.41, 5.74) is 7.34. The predicted molar refractivity (Wildman–Crippen MR) is 72.4 cm³/mol. The second-order valence-electron chi connectivity index (χ2n) is 4.00. The highest BCUT2D eigenvalue weighted by molar-refractivity contribution is 5.43. The first kappa shape index (κ1) is 12.2. The summed E-state index contributed by atoms with van der Waals surface area (Å²) in [6, 6.07) is 7.63. The number of hydrogen-bond acceptors (Lipinski definition) is 4. The number of rotatable bonds is 4. The van der Waals surface area contributed by atoms with Crippen LogP contribution < -0.4 is 16.2 Å². The maximum atomic E-state index is 11.7. The number of nitrogens with two attached hydrogens (primary N) is 1. The Kier molecular flexibility index (Phi) is 3.62. The molecule has 0 bridgehead atoms. The van der Waals surface area contributed by atoms with Crippen LogP contribution in [-0.4, -0.2) is 16.5 Å². The second-order valence-corrected chi connectivity index (χ2v) is 4.00. The van der Waals surface area contributed by atoms with Crippen molar-refractivity contribution in [3.8, 4) is 0 Å². The van der Waals surface area contributed by atoms with Gasteiger partial charge in [-0.1, -0.05) is 12.1 Å². The van der Waals surface area contributed by atoms with Crippen molar-refractivity contribution in [3.63, 3.8) is 0 Å². The van der Waals surface area contributed by atoms with E-state index in [1.165, 1.54) is 6.20 Å². The van der Waals surface area contributed by atoms with Gasteiger partial charge < -0.3 is 15.6 Å².